The molecule has 5 heterocycles. The van der Waals surface area contributed by atoms with Gasteiger partial charge in [0.1, 0.15) is 116 Å². The molecule has 5 rings (SSSR count). The van der Waals surface area contributed by atoms with Gasteiger partial charge >= 0.3 is 5.97 Å². The van der Waals surface area contributed by atoms with Crippen molar-refractivity contribution in [1.29, 1.82) is 0 Å². The summed E-state index contributed by atoms with van der Waals surface area (Å²) in [7, 11) is 0. The van der Waals surface area contributed by atoms with Crippen LogP contribution in [0.5, 0.6) is 0 Å². The molecule has 31 nitrogen and oxygen atoms in total. The lowest BCUT2D eigenvalue weighted by atomic mass is 9.88. The van der Waals surface area contributed by atoms with Gasteiger partial charge in [0, 0.05) is 20.3 Å². The molecule has 5 saturated heterocycles. The van der Waals surface area contributed by atoms with E-state index in [9.17, 15) is 101 Å². The fourth-order valence-electron chi connectivity index (χ4n) is 8.43. The maximum absolute atomic E-state index is 12.7. The second-order valence-electron chi connectivity index (χ2n) is 16.9. The normalized spacial score (nSPS) is 46.6. The summed E-state index contributed by atoms with van der Waals surface area (Å²) < 4.78 is 50.3. The van der Waals surface area contributed by atoms with Gasteiger partial charge in [0.15, 0.2) is 25.2 Å². The SMILES string of the molecule is CC(=O)N[C@H]1[C@H](O[C@@H]2[C@H](O)[C@@H](O)[C@H](O[C@H]3[C@H](O)[C@@H](O)C(O)O[C@@H]3CO)O[C@@H]2CO)O[C@H](CO)[C@@H](O[C@@H]2O[C@H](CO[C@@]3(C(=O)O)C[C@H](O)[C@@H](NC(C)=O)[C@H]([C@@H](O)[C@@H](O)CO)O3)[C@H](O)[C@H](O)[C@H]2O)[C@@H]1O. The lowest BCUT2D eigenvalue weighted by molar-refractivity contribution is -0.380. The number of ether oxygens (including phenoxy) is 9. The summed E-state index contributed by atoms with van der Waals surface area (Å²) in [6.45, 7) is -3.08. The van der Waals surface area contributed by atoms with Crippen LogP contribution < -0.4 is 10.6 Å². The highest BCUT2D eigenvalue weighted by atomic mass is 16.8. The number of hydrogen-bond acceptors (Lipinski definition) is 28. The van der Waals surface area contributed by atoms with Crippen LogP contribution in [0.2, 0.25) is 0 Å². The highest BCUT2D eigenvalue weighted by molar-refractivity contribution is 5.76. The van der Waals surface area contributed by atoms with E-state index < -0.39 is 216 Å². The Bertz CT molecular complexity index is 1650. The first-order chi connectivity index (χ1) is 31.9. The van der Waals surface area contributed by atoms with Gasteiger partial charge in [-0.1, -0.05) is 0 Å². The first-order valence-corrected chi connectivity index (χ1v) is 21.2. The van der Waals surface area contributed by atoms with E-state index in [1.165, 1.54) is 0 Å². The third-order valence-electron chi connectivity index (χ3n) is 12.1. The smallest absolute Gasteiger partial charge is 0.364 e. The number of hydrogen-bond donors (Lipinski definition) is 19. The molecule has 5 aliphatic heterocycles. The Morgan fingerprint density at radius 1 is 0.588 bits per heavy atom. The molecule has 19 N–H and O–H groups in total. The second kappa shape index (κ2) is 23.8. The van der Waals surface area contributed by atoms with Crippen molar-refractivity contribution in [3.05, 3.63) is 0 Å². The Hall–Kier alpha value is -2.59. The summed E-state index contributed by atoms with van der Waals surface area (Å²) in [4.78, 5) is 37.0. The fourth-order valence-corrected chi connectivity index (χ4v) is 8.43. The van der Waals surface area contributed by atoms with Crippen LogP contribution in [0.25, 0.3) is 0 Å². The van der Waals surface area contributed by atoms with Crippen molar-refractivity contribution in [2.75, 3.05) is 33.0 Å². The molecule has 2 amide bonds. The van der Waals surface area contributed by atoms with Crippen LogP contribution in [0.3, 0.4) is 0 Å². The summed E-state index contributed by atoms with van der Waals surface area (Å²) in [5.41, 5.74) is 0. The molecule has 1 unspecified atom stereocenters. The molecule has 394 valence electrons. The maximum Gasteiger partial charge on any atom is 0.364 e. The Morgan fingerprint density at radius 3 is 1.56 bits per heavy atom. The number of aliphatic carboxylic acids is 1. The van der Waals surface area contributed by atoms with Crippen molar-refractivity contribution in [1.82, 2.24) is 10.6 Å². The van der Waals surface area contributed by atoms with Gasteiger partial charge < -0.3 is 140 Å². The Kier molecular flexibility index (Phi) is 19.7. The summed E-state index contributed by atoms with van der Waals surface area (Å²) in [6.07, 6.45) is -45.7. The molecule has 0 radical (unpaired) electrons. The summed E-state index contributed by atoms with van der Waals surface area (Å²) in [5.74, 6) is -6.53. The average Bonchev–Trinajstić information content (AvgIpc) is 3.29. The van der Waals surface area contributed by atoms with Gasteiger partial charge in [-0.25, -0.2) is 4.79 Å². The second-order valence-corrected chi connectivity index (χ2v) is 16.9. The molecule has 5 aliphatic rings. The van der Waals surface area contributed by atoms with Crippen LogP contribution in [0.15, 0.2) is 0 Å². The van der Waals surface area contributed by atoms with Gasteiger partial charge in [0.2, 0.25) is 11.8 Å². The van der Waals surface area contributed by atoms with Crippen molar-refractivity contribution < 1.29 is 144 Å². The number of carboxylic acids is 1. The molecule has 0 bridgehead atoms. The minimum Gasteiger partial charge on any atom is -0.477 e. The van der Waals surface area contributed by atoms with Crippen LogP contribution in [-0.2, 0) is 57.0 Å². The lowest BCUT2D eigenvalue weighted by Crippen LogP contribution is -2.70. The summed E-state index contributed by atoms with van der Waals surface area (Å²) >= 11 is 0. The zero-order valence-corrected chi connectivity index (χ0v) is 36.2. The molecule has 0 aromatic carbocycles. The van der Waals surface area contributed by atoms with Gasteiger partial charge in [-0.2, -0.15) is 0 Å². The molecule has 0 spiro atoms. The van der Waals surface area contributed by atoms with Crippen molar-refractivity contribution in [3.8, 4) is 0 Å². The van der Waals surface area contributed by atoms with Crippen molar-refractivity contribution >= 4 is 17.8 Å². The highest BCUT2D eigenvalue weighted by Crippen LogP contribution is 2.37. The van der Waals surface area contributed by atoms with Gasteiger partial charge in [-0.05, 0) is 0 Å². The number of carbonyl (C=O) groups excluding carboxylic acids is 2. The first-order valence-electron chi connectivity index (χ1n) is 21.2. The third-order valence-corrected chi connectivity index (χ3v) is 12.1. The van der Waals surface area contributed by atoms with Crippen molar-refractivity contribution in [2.24, 2.45) is 0 Å². The monoisotopic (exact) mass is 998 g/mol. The zero-order valence-electron chi connectivity index (χ0n) is 36.2. The van der Waals surface area contributed by atoms with E-state index in [0.29, 0.717) is 0 Å². The molecule has 26 atom stereocenters. The lowest BCUT2D eigenvalue weighted by Gasteiger charge is -2.50. The quantitative estimate of drug-likeness (QED) is 0.0606. The number of amides is 2. The number of aliphatic hydroxyl groups is 16. The van der Waals surface area contributed by atoms with E-state index in [2.05, 4.69) is 10.6 Å². The van der Waals surface area contributed by atoms with E-state index in [1.807, 2.05) is 0 Å². The van der Waals surface area contributed by atoms with E-state index in [0.717, 1.165) is 13.8 Å². The third kappa shape index (κ3) is 12.0. The van der Waals surface area contributed by atoms with Gasteiger partial charge in [-0.3, -0.25) is 9.59 Å². The molecule has 0 aromatic rings. The minimum absolute atomic E-state index is 0.774. The summed E-state index contributed by atoms with van der Waals surface area (Å²) in [5, 5.41) is 183. The Morgan fingerprint density at radius 2 is 1.04 bits per heavy atom. The van der Waals surface area contributed by atoms with E-state index in [4.69, 9.17) is 42.6 Å². The van der Waals surface area contributed by atoms with Gasteiger partial charge in [0.25, 0.3) is 5.79 Å². The van der Waals surface area contributed by atoms with Gasteiger partial charge in [-0.15, -0.1) is 0 Å². The topological polar surface area (TPSA) is 502 Å². The van der Waals surface area contributed by atoms with Crippen LogP contribution in [-0.4, -0.2) is 297 Å². The number of rotatable bonds is 18. The first kappa shape index (κ1) is 56.3. The predicted octanol–water partition coefficient (Wildman–Crippen LogP) is -12.4. The van der Waals surface area contributed by atoms with Gasteiger partial charge in [0.05, 0.1) is 45.2 Å². The molecule has 31 heteroatoms. The number of aliphatic hydroxyl groups excluding tert-OH is 16. The molecule has 5 fully saturated rings. The van der Waals surface area contributed by atoms with Crippen LogP contribution in [0.1, 0.15) is 20.3 Å². The van der Waals surface area contributed by atoms with Crippen molar-refractivity contribution in [2.45, 2.75) is 179 Å². The average molecular weight is 999 g/mol. The van der Waals surface area contributed by atoms with E-state index >= 15 is 0 Å². The molecular formula is C37H62N2O29. The number of carbonyl (C=O) groups is 3. The highest BCUT2D eigenvalue weighted by Gasteiger charge is 2.59. The largest absolute Gasteiger partial charge is 0.477 e. The minimum atomic E-state index is -2.95. The number of carboxylic acid groups (broad SMARTS) is 1. The maximum atomic E-state index is 12.7. The molecule has 68 heavy (non-hydrogen) atoms. The Labute approximate surface area is 384 Å². The van der Waals surface area contributed by atoms with E-state index in [-0.39, 0.29) is 0 Å². The van der Waals surface area contributed by atoms with Crippen molar-refractivity contribution in [3.63, 3.8) is 0 Å². The predicted molar refractivity (Wildman–Crippen MR) is 207 cm³/mol. The standard InChI is InChI=1S/C37H62N2O29/c1-9(44)38-17-11(46)3-37(36(58)59,68-31(17)19(48)12(47)4-40)60-8-16-20(49)22(51)26(55)34(64-16)66-28-14(6-42)62-33(18(21(28)50)39-10(2)45)65-30-15(7-43)63-35(27(56)24(30)53)67-29-13(5-41)61-32(57)25(54)23(29)52/h11-35,40-43,46-57H,3-8H2,1-2H3,(H,38,44)(H,39,45)(H,58,59)/t11-,12-,13+,14+,15+,16+,17+,18+,19-,20-,21+,22-,23+,24+,25+,26+,27+,28+,29+,30-,31+,32?,33-,34-,35-,37-/m0/s1. The Balaban J connectivity index is 1.32. The number of nitrogens with one attached hydrogen (secondary N) is 2. The summed E-state index contributed by atoms with van der Waals surface area (Å²) in [6, 6.07) is -3.33. The fraction of sp³-hybridized carbons (Fsp3) is 0.919. The molecule has 0 aliphatic carbocycles. The molecule has 0 saturated carbocycles. The van der Waals surface area contributed by atoms with Crippen LogP contribution in [0, 0.1) is 0 Å². The van der Waals surface area contributed by atoms with E-state index in [1.54, 1.807) is 0 Å². The van der Waals surface area contributed by atoms with Crippen LogP contribution in [0.4, 0.5) is 0 Å². The zero-order chi connectivity index (χ0) is 50.7. The molecule has 0 aromatic heterocycles. The molecular weight excluding hydrogens is 936 g/mol. The van der Waals surface area contributed by atoms with Crippen LogP contribution >= 0.6 is 0 Å².